The normalized spacial score (nSPS) is 39.0. The van der Waals surface area contributed by atoms with Gasteiger partial charge in [-0.3, -0.25) is 20.6 Å². The van der Waals surface area contributed by atoms with Gasteiger partial charge in [0.15, 0.2) is 0 Å². The van der Waals surface area contributed by atoms with Crippen LogP contribution in [0.25, 0.3) is 0 Å². The fraction of sp³-hybridized carbons (Fsp3) is 0.714. The maximum Gasteiger partial charge on any atom is 0.228 e. The molecule has 0 bridgehead atoms. The Balaban J connectivity index is 2.10. The Kier molecular flexibility index (Phi) is 1.93. The molecule has 0 spiro atoms. The molecule has 0 saturated carbocycles. The number of hydrogen-bond acceptors (Lipinski definition) is 4. The Morgan fingerprint density at radius 1 is 1.31 bits per heavy atom. The fourth-order valence-corrected chi connectivity index (χ4v) is 1.74. The molecule has 2 aliphatic heterocycles. The van der Waals surface area contributed by atoms with Gasteiger partial charge in [0.25, 0.3) is 0 Å². The lowest BCUT2D eigenvalue weighted by atomic mass is 9.93. The SMILES string of the molecule is NC1NC(=O)C2CCC(=O)NC2N1. The molecule has 2 heterocycles. The first-order valence-corrected chi connectivity index (χ1v) is 4.28. The molecule has 2 saturated heterocycles. The van der Waals surface area contributed by atoms with Crippen LogP contribution in [0.15, 0.2) is 0 Å². The molecule has 0 radical (unpaired) electrons. The van der Waals surface area contributed by atoms with E-state index in [1.807, 2.05) is 0 Å². The minimum Gasteiger partial charge on any atom is -0.340 e. The quantitative estimate of drug-likeness (QED) is 0.343. The average molecular weight is 184 g/mol. The summed E-state index contributed by atoms with van der Waals surface area (Å²) in [6.45, 7) is 0. The third-order valence-electron chi connectivity index (χ3n) is 2.39. The summed E-state index contributed by atoms with van der Waals surface area (Å²) in [7, 11) is 0. The van der Waals surface area contributed by atoms with E-state index in [1.165, 1.54) is 0 Å². The molecule has 0 aliphatic carbocycles. The van der Waals surface area contributed by atoms with Crippen molar-refractivity contribution < 1.29 is 9.59 Å². The molecule has 2 fully saturated rings. The van der Waals surface area contributed by atoms with E-state index in [1.54, 1.807) is 0 Å². The van der Waals surface area contributed by atoms with Gasteiger partial charge in [0.05, 0.1) is 12.1 Å². The summed E-state index contributed by atoms with van der Waals surface area (Å²) in [6, 6.07) is 0. The average Bonchev–Trinajstić information content (AvgIpc) is 2.02. The second-order valence-electron chi connectivity index (χ2n) is 3.34. The van der Waals surface area contributed by atoms with Crippen molar-refractivity contribution in [2.45, 2.75) is 25.3 Å². The van der Waals surface area contributed by atoms with Crippen molar-refractivity contribution in [1.82, 2.24) is 16.0 Å². The van der Waals surface area contributed by atoms with Crippen molar-refractivity contribution in [3.8, 4) is 0 Å². The maximum absolute atomic E-state index is 11.4. The topological polar surface area (TPSA) is 96.2 Å². The Hall–Kier alpha value is -1.14. The predicted octanol–water partition coefficient (Wildman–Crippen LogP) is -2.20. The highest BCUT2D eigenvalue weighted by Crippen LogP contribution is 2.18. The molecule has 3 unspecified atom stereocenters. The third kappa shape index (κ3) is 1.50. The molecule has 0 aromatic carbocycles. The minimum atomic E-state index is -0.563. The lowest BCUT2D eigenvalue weighted by molar-refractivity contribution is -0.135. The summed E-state index contributed by atoms with van der Waals surface area (Å²) >= 11 is 0. The first-order valence-electron chi connectivity index (χ1n) is 4.28. The third-order valence-corrected chi connectivity index (χ3v) is 2.39. The first-order chi connectivity index (χ1) is 6.16. The molecule has 2 rings (SSSR count). The number of piperidine rings is 1. The molecular formula is C7H12N4O2. The van der Waals surface area contributed by atoms with Gasteiger partial charge in [0.2, 0.25) is 11.8 Å². The second kappa shape index (κ2) is 2.97. The van der Waals surface area contributed by atoms with Crippen LogP contribution in [-0.2, 0) is 9.59 Å². The van der Waals surface area contributed by atoms with Gasteiger partial charge in [-0.1, -0.05) is 0 Å². The molecule has 2 aliphatic rings. The fourth-order valence-electron chi connectivity index (χ4n) is 1.74. The largest absolute Gasteiger partial charge is 0.340 e. The van der Waals surface area contributed by atoms with E-state index in [-0.39, 0.29) is 23.9 Å². The second-order valence-corrected chi connectivity index (χ2v) is 3.34. The first kappa shape index (κ1) is 8.46. The predicted molar refractivity (Wildman–Crippen MR) is 43.9 cm³/mol. The number of amides is 2. The standard InChI is InChI=1S/C7H12N4O2/c8-7-10-5-3(6(13)11-7)1-2-4(12)9-5/h3,5,7,10H,1-2,8H2,(H,9,12)(H,11,13). The molecule has 13 heavy (non-hydrogen) atoms. The maximum atomic E-state index is 11.4. The van der Waals surface area contributed by atoms with Gasteiger partial charge in [0, 0.05) is 6.42 Å². The number of nitrogens with one attached hydrogen (secondary N) is 3. The molecule has 2 amide bonds. The van der Waals surface area contributed by atoms with Gasteiger partial charge in [0.1, 0.15) is 6.29 Å². The highest BCUT2D eigenvalue weighted by molar-refractivity contribution is 5.85. The highest BCUT2D eigenvalue weighted by atomic mass is 16.2. The van der Waals surface area contributed by atoms with Gasteiger partial charge < -0.3 is 10.6 Å². The monoisotopic (exact) mass is 184 g/mol. The Bertz CT molecular complexity index is 255. The van der Waals surface area contributed by atoms with Crippen molar-refractivity contribution in [2.75, 3.05) is 0 Å². The number of rotatable bonds is 0. The van der Waals surface area contributed by atoms with Crippen LogP contribution in [0.3, 0.4) is 0 Å². The minimum absolute atomic E-state index is 0.0318. The van der Waals surface area contributed by atoms with Crippen molar-refractivity contribution in [2.24, 2.45) is 11.7 Å². The van der Waals surface area contributed by atoms with Gasteiger partial charge in [-0.2, -0.15) is 0 Å². The molecular weight excluding hydrogens is 172 g/mol. The van der Waals surface area contributed by atoms with Crippen molar-refractivity contribution >= 4 is 11.8 Å². The summed E-state index contributed by atoms with van der Waals surface area (Å²) in [5.74, 6) is -0.301. The number of nitrogens with two attached hydrogens (primary N) is 1. The van der Waals surface area contributed by atoms with Gasteiger partial charge in [-0.05, 0) is 6.42 Å². The highest BCUT2D eigenvalue weighted by Gasteiger charge is 2.38. The summed E-state index contributed by atoms with van der Waals surface area (Å²) in [5, 5.41) is 8.15. The van der Waals surface area contributed by atoms with E-state index >= 15 is 0 Å². The van der Waals surface area contributed by atoms with Crippen molar-refractivity contribution in [3.63, 3.8) is 0 Å². The van der Waals surface area contributed by atoms with E-state index < -0.39 is 6.29 Å². The van der Waals surface area contributed by atoms with Crippen molar-refractivity contribution in [1.29, 1.82) is 0 Å². The number of carbonyl (C=O) groups excluding carboxylic acids is 2. The van der Waals surface area contributed by atoms with Crippen molar-refractivity contribution in [3.05, 3.63) is 0 Å². The molecule has 6 nitrogen and oxygen atoms in total. The smallest absolute Gasteiger partial charge is 0.228 e. The summed E-state index contributed by atoms with van der Waals surface area (Å²) in [5.41, 5.74) is 5.48. The molecule has 0 aromatic heterocycles. The van der Waals surface area contributed by atoms with Gasteiger partial charge in [-0.15, -0.1) is 0 Å². The van der Waals surface area contributed by atoms with Crippen LogP contribution < -0.4 is 21.7 Å². The van der Waals surface area contributed by atoms with E-state index in [0.29, 0.717) is 12.8 Å². The Morgan fingerprint density at radius 3 is 2.85 bits per heavy atom. The molecule has 3 atom stereocenters. The van der Waals surface area contributed by atoms with Crippen LogP contribution in [0.1, 0.15) is 12.8 Å². The van der Waals surface area contributed by atoms with Crippen LogP contribution in [0.5, 0.6) is 0 Å². The summed E-state index contributed by atoms with van der Waals surface area (Å²) in [6.07, 6.45) is 0.130. The van der Waals surface area contributed by atoms with E-state index in [0.717, 1.165) is 0 Å². The lowest BCUT2D eigenvalue weighted by Crippen LogP contribution is -2.70. The van der Waals surface area contributed by atoms with Crippen LogP contribution in [-0.4, -0.2) is 24.3 Å². The zero-order valence-electron chi connectivity index (χ0n) is 7.04. The molecule has 5 N–H and O–H groups in total. The number of fused-ring (bicyclic) bond motifs is 1. The van der Waals surface area contributed by atoms with E-state index in [9.17, 15) is 9.59 Å². The number of hydrogen-bond donors (Lipinski definition) is 4. The molecule has 72 valence electrons. The van der Waals surface area contributed by atoms with E-state index in [2.05, 4.69) is 16.0 Å². The van der Waals surface area contributed by atoms with Crippen LogP contribution in [0, 0.1) is 5.92 Å². The zero-order valence-corrected chi connectivity index (χ0v) is 7.04. The zero-order chi connectivity index (χ0) is 9.42. The van der Waals surface area contributed by atoms with Gasteiger partial charge in [-0.25, -0.2) is 0 Å². The lowest BCUT2D eigenvalue weighted by Gasteiger charge is -2.38. The van der Waals surface area contributed by atoms with E-state index in [4.69, 9.17) is 5.73 Å². The summed E-state index contributed by atoms with van der Waals surface area (Å²) < 4.78 is 0. The van der Waals surface area contributed by atoms with Gasteiger partial charge >= 0.3 is 0 Å². The Labute approximate surface area is 75.2 Å². The number of carbonyl (C=O) groups is 2. The molecule has 6 heteroatoms. The molecule has 0 aromatic rings. The van der Waals surface area contributed by atoms with Crippen LogP contribution >= 0.6 is 0 Å². The van der Waals surface area contributed by atoms with Crippen LogP contribution in [0.4, 0.5) is 0 Å². The summed E-state index contributed by atoms with van der Waals surface area (Å²) in [4.78, 5) is 22.4. The Morgan fingerprint density at radius 2 is 2.08 bits per heavy atom. The van der Waals surface area contributed by atoms with Crippen LogP contribution in [0.2, 0.25) is 0 Å².